The number of halogens is 4. The molecule has 1 N–H and O–H groups in total. The van der Waals surface area contributed by atoms with E-state index < -0.39 is 11.7 Å². The van der Waals surface area contributed by atoms with Crippen LogP contribution in [-0.4, -0.2) is 16.1 Å². The second-order valence-corrected chi connectivity index (χ2v) is 6.08. The third-order valence-corrected chi connectivity index (χ3v) is 4.49. The molecule has 2 heterocycles. The third-order valence-electron chi connectivity index (χ3n) is 4.21. The predicted octanol–water partition coefficient (Wildman–Crippen LogP) is 4.14. The molecule has 1 aromatic heterocycles. The van der Waals surface area contributed by atoms with Gasteiger partial charge in [0, 0.05) is 13.1 Å². The minimum atomic E-state index is -4.29. The highest BCUT2D eigenvalue weighted by molar-refractivity contribution is 6.30. The number of imidazole rings is 1. The van der Waals surface area contributed by atoms with E-state index in [-0.39, 0.29) is 6.04 Å². The maximum absolute atomic E-state index is 12.6. The molecule has 0 saturated heterocycles. The van der Waals surface area contributed by atoms with E-state index in [1.54, 1.807) is 0 Å². The summed E-state index contributed by atoms with van der Waals surface area (Å²) in [6, 6.07) is 5.40. The van der Waals surface area contributed by atoms with Crippen LogP contribution >= 0.6 is 11.6 Å². The molecular weight excluding hydrogens is 327 g/mol. The van der Waals surface area contributed by atoms with Crippen molar-refractivity contribution >= 4 is 11.6 Å². The van der Waals surface area contributed by atoms with Crippen molar-refractivity contribution in [2.24, 2.45) is 0 Å². The minimum Gasteiger partial charge on any atom is -0.328 e. The molecule has 0 amide bonds. The van der Waals surface area contributed by atoms with Crippen LogP contribution in [0.5, 0.6) is 0 Å². The van der Waals surface area contributed by atoms with Gasteiger partial charge in [-0.25, -0.2) is 4.98 Å². The first-order valence-electron chi connectivity index (χ1n) is 7.48. The lowest BCUT2D eigenvalue weighted by Crippen LogP contribution is -2.34. The fourth-order valence-electron chi connectivity index (χ4n) is 3.02. The van der Waals surface area contributed by atoms with Gasteiger partial charge >= 0.3 is 6.18 Å². The van der Waals surface area contributed by atoms with E-state index >= 15 is 0 Å². The topological polar surface area (TPSA) is 29.9 Å². The van der Waals surface area contributed by atoms with Crippen LogP contribution in [0, 0.1) is 6.92 Å². The van der Waals surface area contributed by atoms with Crippen LogP contribution in [0.2, 0.25) is 5.15 Å². The van der Waals surface area contributed by atoms with E-state index in [4.69, 9.17) is 11.6 Å². The summed E-state index contributed by atoms with van der Waals surface area (Å²) in [7, 11) is 0. The number of aryl methyl sites for hydroxylation is 2. The predicted molar refractivity (Wildman–Crippen MR) is 82.5 cm³/mol. The number of rotatable bonds is 3. The first kappa shape index (κ1) is 16.3. The summed E-state index contributed by atoms with van der Waals surface area (Å²) in [6.07, 6.45) is -2.85. The molecule has 1 aliphatic heterocycles. The normalized spacial score (nSPS) is 18.0. The Hall–Kier alpha value is -1.53. The number of hydrogen-bond donors (Lipinski definition) is 1. The average molecular weight is 344 g/mol. The quantitative estimate of drug-likeness (QED) is 0.907. The van der Waals surface area contributed by atoms with Crippen molar-refractivity contribution in [2.75, 3.05) is 6.54 Å². The van der Waals surface area contributed by atoms with Gasteiger partial charge < -0.3 is 9.88 Å². The highest BCUT2D eigenvalue weighted by atomic mass is 35.5. The van der Waals surface area contributed by atoms with Gasteiger partial charge in [0.25, 0.3) is 0 Å². The van der Waals surface area contributed by atoms with Crippen LogP contribution in [0.3, 0.4) is 0 Å². The number of benzene rings is 1. The molecule has 7 heteroatoms. The van der Waals surface area contributed by atoms with Crippen LogP contribution < -0.4 is 5.32 Å². The average Bonchev–Trinajstić information content (AvgIpc) is 2.80. The van der Waals surface area contributed by atoms with Gasteiger partial charge in [-0.05, 0) is 37.5 Å². The number of nitrogens with zero attached hydrogens (tertiary/aromatic N) is 2. The number of aromatic nitrogens is 2. The zero-order valence-electron chi connectivity index (χ0n) is 12.6. The molecule has 124 valence electrons. The van der Waals surface area contributed by atoms with Gasteiger partial charge in [-0.2, -0.15) is 13.2 Å². The molecule has 0 bridgehead atoms. The molecule has 1 atom stereocenters. The Balaban J connectivity index is 1.70. The molecule has 3 nitrogen and oxygen atoms in total. The minimum absolute atomic E-state index is 0.0692. The Bertz CT molecular complexity index is 692. The van der Waals surface area contributed by atoms with Gasteiger partial charge in [-0.15, -0.1) is 0 Å². The molecule has 0 spiro atoms. The fourth-order valence-corrected chi connectivity index (χ4v) is 3.37. The van der Waals surface area contributed by atoms with Gasteiger partial charge in [0.05, 0.1) is 17.3 Å². The van der Waals surface area contributed by atoms with E-state index in [1.165, 1.54) is 12.1 Å². The Morgan fingerprint density at radius 2 is 2.00 bits per heavy atom. The molecule has 0 aliphatic carbocycles. The highest BCUT2D eigenvalue weighted by Crippen LogP contribution is 2.31. The van der Waals surface area contributed by atoms with Crippen LogP contribution in [0.4, 0.5) is 13.2 Å². The fraction of sp³-hybridized carbons (Fsp3) is 0.438. The van der Waals surface area contributed by atoms with Crippen LogP contribution in [0.25, 0.3) is 0 Å². The number of hydrogen-bond acceptors (Lipinski definition) is 2. The van der Waals surface area contributed by atoms with E-state index in [0.29, 0.717) is 11.6 Å². The molecule has 23 heavy (non-hydrogen) atoms. The van der Waals surface area contributed by atoms with Crippen LogP contribution in [-0.2, 0) is 19.1 Å². The summed E-state index contributed by atoms with van der Waals surface area (Å²) < 4.78 is 39.8. The Morgan fingerprint density at radius 1 is 1.30 bits per heavy atom. The van der Waals surface area contributed by atoms with Crippen molar-refractivity contribution in [1.29, 1.82) is 0 Å². The van der Waals surface area contributed by atoms with Crippen molar-refractivity contribution in [3.05, 3.63) is 52.1 Å². The summed E-state index contributed by atoms with van der Waals surface area (Å²) in [6.45, 7) is 3.59. The summed E-state index contributed by atoms with van der Waals surface area (Å²) >= 11 is 6.21. The molecule has 3 rings (SSSR count). The SMILES string of the molecule is Cc1nc(Cl)c2n1CCNC2CCc1ccc(C(F)(F)F)cc1. The number of nitrogens with one attached hydrogen (secondary N) is 1. The van der Waals surface area contributed by atoms with Crippen molar-refractivity contribution in [3.63, 3.8) is 0 Å². The smallest absolute Gasteiger partial charge is 0.328 e. The Kier molecular flexibility index (Phi) is 4.38. The van der Waals surface area contributed by atoms with E-state index in [9.17, 15) is 13.2 Å². The van der Waals surface area contributed by atoms with E-state index in [1.807, 2.05) is 6.92 Å². The molecule has 0 radical (unpaired) electrons. The molecule has 1 aromatic carbocycles. The first-order valence-corrected chi connectivity index (χ1v) is 7.86. The standard InChI is InChI=1S/C16H17ClF3N3/c1-10-22-15(17)14-13(21-8-9-23(10)14)7-4-11-2-5-12(6-3-11)16(18,19)20/h2-3,5-6,13,21H,4,7-9H2,1H3. The third kappa shape index (κ3) is 3.38. The van der Waals surface area contributed by atoms with Crippen molar-refractivity contribution < 1.29 is 13.2 Å². The van der Waals surface area contributed by atoms with E-state index in [2.05, 4.69) is 14.9 Å². The summed E-state index contributed by atoms with van der Waals surface area (Å²) in [5.74, 6) is 0.894. The summed E-state index contributed by atoms with van der Waals surface area (Å²) in [5.41, 5.74) is 1.24. The monoisotopic (exact) mass is 343 g/mol. The van der Waals surface area contributed by atoms with Crippen molar-refractivity contribution in [1.82, 2.24) is 14.9 Å². The van der Waals surface area contributed by atoms with Gasteiger partial charge in [-0.1, -0.05) is 23.7 Å². The second-order valence-electron chi connectivity index (χ2n) is 5.73. The maximum atomic E-state index is 12.6. The lowest BCUT2D eigenvalue weighted by atomic mass is 10.0. The molecular formula is C16H17ClF3N3. The summed E-state index contributed by atoms with van der Waals surface area (Å²) in [5, 5.41) is 3.92. The van der Waals surface area contributed by atoms with Crippen LogP contribution in [0.1, 0.15) is 35.1 Å². The van der Waals surface area contributed by atoms with Crippen molar-refractivity contribution in [2.45, 2.75) is 38.5 Å². The molecule has 1 unspecified atom stereocenters. The lowest BCUT2D eigenvalue weighted by Gasteiger charge is -2.26. The second kappa shape index (κ2) is 6.17. The van der Waals surface area contributed by atoms with Gasteiger partial charge in [0.15, 0.2) is 5.15 Å². The first-order chi connectivity index (χ1) is 10.9. The van der Waals surface area contributed by atoms with Gasteiger partial charge in [0.2, 0.25) is 0 Å². The number of alkyl halides is 3. The van der Waals surface area contributed by atoms with Gasteiger partial charge in [0.1, 0.15) is 5.82 Å². The highest BCUT2D eigenvalue weighted by Gasteiger charge is 2.30. The van der Waals surface area contributed by atoms with Crippen molar-refractivity contribution in [3.8, 4) is 0 Å². The largest absolute Gasteiger partial charge is 0.416 e. The molecule has 0 saturated carbocycles. The van der Waals surface area contributed by atoms with Crippen LogP contribution in [0.15, 0.2) is 24.3 Å². The molecule has 0 fully saturated rings. The number of fused-ring (bicyclic) bond motifs is 1. The molecule has 1 aliphatic rings. The van der Waals surface area contributed by atoms with Gasteiger partial charge in [-0.3, -0.25) is 0 Å². The zero-order chi connectivity index (χ0) is 16.6. The van der Waals surface area contributed by atoms with E-state index in [0.717, 1.165) is 48.7 Å². The summed E-state index contributed by atoms with van der Waals surface area (Å²) in [4.78, 5) is 4.30. The Morgan fingerprint density at radius 3 is 2.65 bits per heavy atom. The molecule has 2 aromatic rings. The zero-order valence-corrected chi connectivity index (χ0v) is 13.4. The lowest BCUT2D eigenvalue weighted by molar-refractivity contribution is -0.137. The Labute approximate surface area is 137 Å². The maximum Gasteiger partial charge on any atom is 0.416 e.